The number of hydrogen-bond acceptors (Lipinski definition) is 5. The lowest BCUT2D eigenvalue weighted by Crippen LogP contribution is -2.04. The molecule has 0 atom stereocenters. The number of ether oxygens (including phenoxy) is 2. The summed E-state index contributed by atoms with van der Waals surface area (Å²) in [7, 11) is 3.03. The van der Waals surface area contributed by atoms with Gasteiger partial charge in [0.25, 0.3) is 0 Å². The second kappa shape index (κ2) is 7.50. The molecule has 2 rings (SSSR count). The van der Waals surface area contributed by atoms with Crippen LogP contribution in [0.15, 0.2) is 41.0 Å². The van der Waals surface area contributed by atoms with Gasteiger partial charge in [0.1, 0.15) is 12.0 Å². The molecule has 0 aliphatic heterocycles. The van der Waals surface area contributed by atoms with Gasteiger partial charge >= 0.3 is 5.97 Å². The summed E-state index contributed by atoms with van der Waals surface area (Å²) >= 11 is 0. The van der Waals surface area contributed by atoms with Crippen molar-refractivity contribution in [2.75, 3.05) is 26.1 Å². The van der Waals surface area contributed by atoms with Crippen LogP contribution in [0, 0.1) is 0 Å². The lowest BCUT2D eigenvalue weighted by atomic mass is 10.1. The van der Waals surface area contributed by atoms with Crippen LogP contribution in [0.4, 0.5) is 5.69 Å². The zero-order valence-corrected chi connectivity index (χ0v) is 12.2. The van der Waals surface area contributed by atoms with Crippen molar-refractivity contribution in [1.29, 1.82) is 0 Å². The fourth-order valence-electron chi connectivity index (χ4n) is 2.00. The van der Waals surface area contributed by atoms with E-state index >= 15 is 0 Å². The van der Waals surface area contributed by atoms with Gasteiger partial charge in [0.05, 0.1) is 25.8 Å². The third-order valence-electron chi connectivity index (χ3n) is 3.12. The van der Waals surface area contributed by atoms with E-state index < -0.39 is 5.97 Å². The number of carbonyl (C=O) groups excluding carboxylic acids is 1. The average Bonchev–Trinajstić information content (AvgIpc) is 3.00. The van der Waals surface area contributed by atoms with E-state index in [4.69, 9.17) is 9.15 Å². The summed E-state index contributed by atoms with van der Waals surface area (Å²) in [6, 6.07) is 9.72. The summed E-state index contributed by atoms with van der Waals surface area (Å²) in [5, 5.41) is 3.31. The van der Waals surface area contributed by atoms with Gasteiger partial charge in [-0.3, -0.25) is 0 Å². The molecular weight excluding hydrogens is 270 g/mol. The monoisotopic (exact) mass is 289 g/mol. The topological polar surface area (TPSA) is 60.7 Å². The molecule has 0 fully saturated rings. The predicted molar refractivity (Wildman–Crippen MR) is 79.4 cm³/mol. The molecule has 0 aliphatic carbocycles. The number of benzene rings is 1. The quantitative estimate of drug-likeness (QED) is 0.794. The third kappa shape index (κ3) is 4.10. The maximum absolute atomic E-state index is 11.4. The molecule has 21 heavy (non-hydrogen) atoms. The highest BCUT2D eigenvalue weighted by Crippen LogP contribution is 2.18. The predicted octanol–water partition coefficient (Wildman–Crippen LogP) is 2.87. The lowest BCUT2D eigenvalue weighted by molar-refractivity contribution is 0.0600. The molecule has 0 saturated carbocycles. The number of para-hydroxylation sites is 1. The van der Waals surface area contributed by atoms with E-state index in [0.717, 1.165) is 12.1 Å². The molecule has 0 saturated heterocycles. The molecule has 0 bridgehead atoms. The van der Waals surface area contributed by atoms with Gasteiger partial charge in [-0.15, -0.1) is 0 Å². The van der Waals surface area contributed by atoms with Crippen LogP contribution in [-0.2, 0) is 22.4 Å². The largest absolute Gasteiger partial charge is 0.467 e. The molecule has 5 nitrogen and oxygen atoms in total. The molecule has 1 N–H and O–H groups in total. The van der Waals surface area contributed by atoms with Crippen LogP contribution < -0.4 is 5.32 Å². The summed E-state index contributed by atoms with van der Waals surface area (Å²) in [5.74, 6) is 0.280. The fraction of sp³-hybridized carbons (Fsp3) is 0.312. The van der Waals surface area contributed by atoms with Crippen LogP contribution in [0.5, 0.6) is 0 Å². The second-order valence-electron chi connectivity index (χ2n) is 4.55. The molecule has 1 aromatic heterocycles. The van der Waals surface area contributed by atoms with Gasteiger partial charge in [-0.05, 0) is 24.1 Å². The summed E-state index contributed by atoms with van der Waals surface area (Å²) < 4.78 is 15.1. The first kappa shape index (κ1) is 15.1. The highest BCUT2D eigenvalue weighted by molar-refractivity contribution is 5.89. The van der Waals surface area contributed by atoms with Gasteiger partial charge in [0.2, 0.25) is 0 Å². The maximum Gasteiger partial charge on any atom is 0.341 e. The molecule has 1 aromatic carbocycles. The SMILES string of the molecule is COCCc1ccccc1NCc1cc(C(=O)OC)co1. The van der Waals surface area contributed by atoms with Gasteiger partial charge in [0.15, 0.2) is 0 Å². The van der Waals surface area contributed by atoms with Crippen LogP contribution in [-0.4, -0.2) is 26.8 Å². The van der Waals surface area contributed by atoms with Crippen molar-refractivity contribution >= 4 is 11.7 Å². The smallest absolute Gasteiger partial charge is 0.341 e. The van der Waals surface area contributed by atoms with E-state index in [1.165, 1.54) is 18.9 Å². The number of carbonyl (C=O) groups is 1. The standard InChI is InChI=1S/C16H19NO4/c1-19-8-7-12-5-3-4-6-15(12)17-10-14-9-13(11-21-14)16(18)20-2/h3-6,9,11,17H,7-8,10H2,1-2H3. The first-order valence-corrected chi connectivity index (χ1v) is 6.71. The molecule has 0 amide bonds. The summed E-state index contributed by atoms with van der Waals surface area (Å²) in [6.45, 7) is 1.17. The lowest BCUT2D eigenvalue weighted by Gasteiger charge is -2.10. The van der Waals surface area contributed by atoms with Crippen LogP contribution in [0.1, 0.15) is 21.7 Å². The third-order valence-corrected chi connectivity index (χ3v) is 3.12. The van der Waals surface area contributed by atoms with E-state index in [1.54, 1.807) is 13.2 Å². The number of furan rings is 1. The highest BCUT2D eigenvalue weighted by Gasteiger charge is 2.10. The van der Waals surface area contributed by atoms with Crippen molar-refractivity contribution < 1.29 is 18.7 Å². The highest BCUT2D eigenvalue weighted by atomic mass is 16.5. The van der Waals surface area contributed by atoms with E-state index in [0.29, 0.717) is 24.5 Å². The Balaban J connectivity index is 1.99. The number of methoxy groups -OCH3 is 2. The maximum atomic E-state index is 11.4. The zero-order valence-electron chi connectivity index (χ0n) is 12.2. The van der Waals surface area contributed by atoms with Crippen LogP contribution >= 0.6 is 0 Å². The van der Waals surface area contributed by atoms with Gasteiger partial charge in [-0.25, -0.2) is 4.79 Å². The molecule has 0 unspecified atom stereocenters. The Hall–Kier alpha value is -2.27. The second-order valence-corrected chi connectivity index (χ2v) is 4.55. The number of anilines is 1. The van der Waals surface area contributed by atoms with Crippen molar-refractivity contribution in [1.82, 2.24) is 0 Å². The minimum absolute atomic E-state index is 0.398. The Kier molecular flexibility index (Phi) is 5.40. The Labute approximate surface area is 123 Å². The van der Waals surface area contributed by atoms with Crippen molar-refractivity contribution in [3.05, 3.63) is 53.5 Å². The van der Waals surface area contributed by atoms with E-state index in [-0.39, 0.29) is 0 Å². The summed E-state index contributed by atoms with van der Waals surface area (Å²) in [5.41, 5.74) is 2.63. The number of hydrogen-bond donors (Lipinski definition) is 1. The van der Waals surface area contributed by atoms with Gasteiger partial charge in [-0.1, -0.05) is 18.2 Å². The fourth-order valence-corrected chi connectivity index (χ4v) is 2.00. The molecular formula is C16H19NO4. The van der Waals surface area contributed by atoms with E-state index in [1.807, 2.05) is 18.2 Å². The van der Waals surface area contributed by atoms with E-state index in [2.05, 4.69) is 16.1 Å². The van der Waals surface area contributed by atoms with Gasteiger partial charge < -0.3 is 19.2 Å². The molecule has 112 valence electrons. The molecule has 2 aromatic rings. The first-order valence-electron chi connectivity index (χ1n) is 6.71. The van der Waals surface area contributed by atoms with Gasteiger partial charge in [-0.2, -0.15) is 0 Å². The zero-order chi connectivity index (χ0) is 15.1. The summed E-state index contributed by atoms with van der Waals surface area (Å²) in [4.78, 5) is 11.4. The number of rotatable bonds is 7. The van der Waals surface area contributed by atoms with Crippen molar-refractivity contribution in [3.63, 3.8) is 0 Å². The Bertz CT molecular complexity index is 591. The van der Waals surface area contributed by atoms with E-state index in [9.17, 15) is 4.79 Å². The van der Waals surface area contributed by atoms with Crippen molar-refractivity contribution in [3.8, 4) is 0 Å². The minimum Gasteiger partial charge on any atom is -0.467 e. The van der Waals surface area contributed by atoms with Crippen molar-refractivity contribution in [2.45, 2.75) is 13.0 Å². The Morgan fingerprint density at radius 1 is 1.29 bits per heavy atom. The normalized spacial score (nSPS) is 10.4. The molecule has 1 heterocycles. The molecule has 0 spiro atoms. The average molecular weight is 289 g/mol. The molecule has 5 heteroatoms. The molecule has 0 aliphatic rings. The number of nitrogens with one attached hydrogen (secondary N) is 1. The first-order chi connectivity index (χ1) is 10.2. The van der Waals surface area contributed by atoms with Crippen LogP contribution in [0.25, 0.3) is 0 Å². The molecule has 0 radical (unpaired) electrons. The van der Waals surface area contributed by atoms with Crippen molar-refractivity contribution in [2.24, 2.45) is 0 Å². The van der Waals surface area contributed by atoms with Gasteiger partial charge in [0, 0.05) is 12.8 Å². The Morgan fingerprint density at radius 3 is 2.86 bits per heavy atom. The Morgan fingerprint density at radius 2 is 2.10 bits per heavy atom. The van der Waals surface area contributed by atoms with Crippen LogP contribution in [0.2, 0.25) is 0 Å². The summed E-state index contributed by atoms with van der Waals surface area (Å²) in [6.07, 6.45) is 2.24. The minimum atomic E-state index is -0.398. The van der Waals surface area contributed by atoms with Crippen LogP contribution in [0.3, 0.4) is 0 Å². The number of esters is 1.